The van der Waals surface area contributed by atoms with Crippen molar-refractivity contribution in [2.75, 3.05) is 0 Å². The maximum Gasteiger partial charge on any atom is 0.241 e. The lowest BCUT2D eigenvalue weighted by Crippen LogP contribution is -2.45. The summed E-state index contributed by atoms with van der Waals surface area (Å²) in [7, 11) is -3.81. The average Bonchev–Trinajstić information content (AvgIpc) is 2.48. The molecule has 0 saturated heterocycles. The predicted octanol–water partition coefficient (Wildman–Crippen LogP) is 1.82. The summed E-state index contributed by atoms with van der Waals surface area (Å²) in [5.74, 6) is -0.718. The van der Waals surface area contributed by atoms with Gasteiger partial charge in [-0.1, -0.05) is 46.3 Å². The zero-order valence-corrected chi connectivity index (χ0v) is 14.0. The van der Waals surface area contributed by atoms with Gasteiger partial charge in [0.2, 0.25) is 15.9 Å². The first-order valence-electron chi connectivity index (χ1n) is 6.49. The van der Waals surface area contributed by atoms with Crippen LogP contribution in [-0.2, 0) is 21.2 Å². The highest BCUT2D eigenvalue weighted by atomic mass is 79.9. The van der Waals surface area contributed by atoms with E-state index >= 15 is 0 Å². The molecule has 0 saturated carbocycles. The van der Waals surface area contributed by atoms with E-state index in [0.29, 0.717) is 0 Å². The average molecular weight is 383 g/mol. The van der Waals surface area contributed by atoms with Crippen molar-refractivity contribution in [3.63, 3.8) is 0 Å². The Kier molecular flexibility index (Phi) is 5.33. The van der Waals surface area contributed by atoms with Gasteiger partial charge in [0.05, 0.1) is 4.90 Å². The molecule has 0 aliphatic carbocycles. The SMILES string of the molecule is NC(=O)[C@H](Cc1ccccc1)NS(=O)(=O)c1ccc(Br)cc1. The van der Waals surface area contributed by atoms with Crippen molar-refractivity contribution in [2.24, 2.45) is 5.73 Å². The number of sulfonamides is 1. The number of carbonyl (C=O) groups is 1. The standard InChI is InChI=1S/C15H15BrN2O3S/c16-12-6-8-13(9-7-12)22(20,21)18-14(15(17)19)10-11-4-2-1-3-5-11/h1-9,14,18H,10H2,(H2,17,19)/t14-/m0/s1. The monoisotopic (exact) mass is 382 g/mol. The Hall–Kier alpha value is -1.70. The highest BCUT2D eigenvalue weighted by molar-refractivity contribution is 9.10. The highest BCUT2D eigenvalue weighted by Gasteiger charge is 2.24. The van der Waals surface area contributed by atoms with Crippen molar-refractivity contribution in [3.8, 4) is 0 Å². The summed E-state index contributed by atoms with van der Waals surface area (Å²) in [5, 5.41) is 0. The van der Waals surface area contributed by atoms with Crippen LogP contribution in [0.4, 0.5) is 0 Å². The smallest absolute Gasteiger partial charge is 0.241 e. The van der Waals surface area contributed by atoms with Crippen LogP contribution in [-0.4, -0.2) is 20.4 Å². The van der Waals surface area contributed by atoms with E-state index in [2.05, 4.69) is 20.7 Å². The number of primary amides is 1. The Bertz CT molecular complexity index is 746. The summed E-state index contributed by atoms with van der Waals surface area (Å²) in [5.41, 5.74) is 6.14. The Labute approximate surface area is 137 Å². The first kappa shape index (κ1) is 16.7. The number of hydrogen-bond donors (Lipinski definition) is 2. The van der Waals surface area contributed by atoms with Crippen LogP contribution in [0.2, 0.25) is 0 Å². The van der Waals surface area contributed by atoms with E-state index in [1.165, 1.54) is 12.1 Å². The summed E-state index contributed by atoms with van der Waals surface area (Å²) in [6, 6.07) is 14.2. The normalized spacial score (nSPS) is 12.8. The number of carbonyl (C=O) groups excluding carboxylic acids is 1. The highest BCUT2D eigenvalue weighted by Crippen LogP contribution is 2.15. The molecule has 1 atom stereocenters. The summed E-state index contributed by atoms with van der Waals surface area (Å²) in [4.78, 5) is 11.6. The van der Waals surface area contributed by atoms with Gasteiger partial charge in [-0.25, -0.2) is 8.42 Å². The van der Waals surface area contributed by atoms with Crippen LogP contribution in [0.1, 0.15) is 5.56 Å². The van der Waals surface area contributed by atoms with Gasteiger partial charge in [0.1, 0.15) is 6.04 Å². The molecule has 1 amide bonds. The number of nitrogens with two attached hydrogens (primary N) is 1. The van der Waals surface area contributed by atoms with Crippen molar-refractivity contribution in [1.82, 2.24) is 4.72 Å². The van der Waals surface area contributed by atoms with E-state index in [1.54, 1.807) is 12.1 Å². The van der Waals surface area contributed by atoms with E-state index in [0.717, 1.165) is 10.0 Å². The second-order valence-corrected chi connectivity index (χ2v) is 7.35. The molecule has 5 nitrogen and oxygen atoms in total. The predicted molar refractivity (Wildman–Crippen MR) is 87.6 cm³/mol. The van der Waals surface area contributed by atoms with Crippen LogP contribution < -0.4 is 10.5 Å². The molecule has 0 heterocycles. The minimum absolute atomic E-state index is 0.0787. The molecule has 116 valence electrons. The molecule has 2 rings (SSSR count). The number of rotatable bonds is 6. The third-order valence-corrected chi connectivity index (χ3v) is 5.06. The van der Waals surface area contributed by atoms with E-state index in [4.69, 9.17) is 5.73 Å². The maximum atomic E-state index is 12.3. The third-order valence-electron chi connectivity index (χ3n) is 3.05. The first-order chi connectivity index (χ1) is 10.4. The van der Waals surface area contributed by atoms with Crippen LogP contribution in [0.15, 0.2) is 64.0 Å². The lowest BCUT2D eigenvalue weighted by atomic mass is 10.1. The molecule has 0 fully saturated rings. The first-order valence-corrected chi connectivity index (χ1v) is 8.77. The molecule has 2 aromatic carbocycles. The van der Waals surface area contributed by atoms with Gasteiger partial charge in [-0.2, -0.15) is 4.72 Å². The fourth-order valence-electron chi connectivity index (χ4n) is 1.92. The molecule has 0 aliphatic heterocycles. The number of halogens is 1. The molecule has 0 unspecified atom stereocenters. The van der Waals surface area contributed by atoms with Crippen LogP contribution in [0.3, 0.4) is 0 Å². The van der Waals surface area contributed by atoms with E-state index in [9.17, 15) is 13.2 Å². The Morgan fingerprint density at radius 3 is 2.23 bits per heavy atom. The number of hydrogen-bond acceptors (Lipinski definition) is 3. The van der Waals surface area contributed by atoms with Crippen molar-refractivity contribution in [2.45, 2.75) is 17.4 Å². The topological polar surface area (TPSA) is 89.3 Å². The quantitative estimate of drug-likeness (QED) is 0.798. The summed E-state index contributed by atoms with van der Waals surface area (Å²) in [6.07, 6.45) is 0.200. The summed E-state index contributed by atoms with van der Waals surface area (Å²) < 4.78 is 27.8. The largest absolute Gasteiger partial charge is 0.368 e. The number of benzene rings is 2. The molecule has 2 aromatic rings. The molecule has 7 heteroatoms. The number of amides is 1. The van der Waals surface area contributed by atoms with Crippen molar-refractivity contribution in [3.05, 3.63) is 64.6 Å². The van der Waals surface area contributed by atoms with Crippen molar-refractivity contribution in [1.29, 1.82) is 0 Å². The van der Waals surface area contributed by atoms with Gasteiger partial charge in [-0.05, 0) is 36.2 Å². The van der Waals surface area contributed by atoms with Crippen LogP contribution >= 0.6 is 15.9 Å². The zero-order valence-electron chi connectivity index (χ0n) is 11.6. The Balaban J connectivity index is 2.20. The third kappa shape index (κ3) is 4.40. The van der Waals surface area contributed by atoms with Crippen LogP contribution in [0.25, 0.3) is 0 Å². The Morgan fingerprint density at radius 2 is 1.68 bits per heavy atom. The van der Waals surface area contributed by atoms with Gasteiger partial charge < -0.3 is 5.73 Å². The van der Waals surface area contributed by atoms with Gasteiger partial charge in [-0.3, -0.25) is 4.79 Å². The lowest BCUT2D eigenvalue weighted by Gasteiger charge is -2.16. The fraction of sp³-hybridized carbons (Fsp3) is 0.133. The lowest BCUT2D eigenvalue weighted by molar-refractivity contribution is -0.119. The number of nitrogens with one attached hydrogen (secondary N) is 1. The van der Waals surface area contributed by atoms with Crippen molar-refractivity contribution < 1.29 is 13.2 Å². The van der Waals surface area contributed by atoms with Crippen molar-refractivity contribution >= 4 is 31.9 Å². The molecule has 0 spiro atoms. The summed E-state index contributed by atoms with van der Waals surface area (Å²) in [6.45, 7) is 0. The summed E-state index contributed by atoms with van der Waals surface area (Å²) >= 11 is 3.24. The zero-order chi connectivity index (χ0) is 16.2. The van der Waals surface area contributed by atoms with Gasteiger partial charge in [0.15, 0.2) is 0 Å². The van der Waals surface area contributed by atoms with E-state index in [-0.39, 0.29) is 11.3 Å². The molecule has 3 N–H and O–H groups in total. The van der Waals surface area contributed by atoms with Gasteiger partial charge in [0.25, 0.3) is 0 Å². The fourth-order valence-corrected chi connectivity index (χ4v) is 3.39. The molecule has 0 aromatic heterocycles. The molecule has 0 bridgehead atoms. The van der Waals surface area contributed by atoms with E-state index in [1.807, 2.05) is 30.3 Å². The van der Waals surface area contributed by atoms with Gasteiger partial charge in [0, 0.05) is 4.47 Å². The van der Waals surface area contributed by atoms with E-state index < -0.39 is 22.0 Å². The Morgan fingerprint density at radius 1 is 1.09 bits per heavy atom. The molecule has 0 aliphatic rings. The van der Waals surface area contributed by atoms with Crippen LogP contribution in [0, 0.1) is 0 Å². The maximum absolute atomic E-state index is 12.3. The second kappa shape index (κ2) is 7.04. The molecule has 0 radical (unpaired) electrons. The minimum Gasteiger partial charge on any atom is -0.368 e. The van der Waals surface area contributed by atoms with Gasteiger partial charge in [-0.15, -0.1) is 0 Å². The van der Waals surface area contributed by atoms with Gasteiger partial charge >= 0.3 is 0 Å². The molecular weight excluding hydrogens is 368 g/mol. The molecule has 22 heavy (non-hydrogen) atoms. The second-order valence-electron chi connectivity index (χ2n) is 4.72. The minimum atomic E-state index is -3.81. The molecular formula is C15H15BrN2O3S. The van der Waals surface area contributed by atoms with Crippen LogP contribution in [0.5, 0.6) is 0 Å².